The highest BCUT2D eigenvalue weighted by Gasteiger charge is 2.40. The van der Waals surface area contributed by atoms with Crippen LogP contribution < -0.4 is 5.32 Å². The number of pyridine rings is 1. The molecule has 0 bridgehead atoms. The van der Waals surface area contributed by atoms with Crippen molar-refractivity contribution in [3.05, 3.63) is 42.1 Å². The van der Waals surface area contributed by atoms with Gasteiger partial charge in [-0.3, -0.25) is 14.6 Å². The number of amides is 1. The average Bonchev–Trinajstić information content (AvgIpc) is 2.45. The van der Waals surface area contributed by atoms with Gasteiger partial charge in [0.1, 0.15) is 0 Å². The predicted octanol–water partition coefficient (Wildman–Crippen LogP) is 2.29. The molecule has 0 saturated heterocycles. The second-order valence-electron chi connectivity index (χ2n) is 5.92. The van der Waals surface area contributed by atoms with E-state index in [1.807, 2.05) is 30.3 Å². The number of fused-ring (bicyclic) bond motifs is 1. The maximum absolute atomic E-state index is 12.3. The maximum Gasteiger partial charge on any atom is 0.305 e. The molecule has 1 heterocycles. The molecule has 0 spiro atoms. The SMILES string of the molecule is O=C(O)CC1(NC(=O)Cc2cccc3cccnc23)CCC1. The standard InChI is InChI=1S/C17H18N2O3/c20-14(19-17(7-3-8-17)11-15(21)22)10-13-5-1-4-12-6-2-9-18-16(12)13/h1-2,4-6,9H,3,7-8,10-11H2,(H,19,20)(H,21,22). The fourth-order valence-corrected chi connectivity index (χ4v) is 3.06. The Morgan fingerprint density at radius 1 is 1.23 bits per heavy atom. The van der Waals surface area contributed by atoms with Crippen molar-refractivity contribution in [1.29, 1.82) is 0 Å². The summed E-state index contributed by atoms with van der Waals surface area (Å²) >= 11 is 0. The van der Waals surface area contributed by atoms with E-state index in [2.05, 4.69) is 10.3 Å². The number of hydrogen-bond acceptors (Lipinski definition) is 3. The number of aromatic nitrogens is 1. The molecule has 1 aromatic carbocycles. The molecule has 0 unspecified atom stereocenters. The summed E-state index contributed by atoms with van der Waals surface area (Å²) in [4.78, 5) is 27.6. The lowest BCUT2D eigenvalue weighted by atomic mass is 9.74. The van der Waals surface area contributed by atoms with Crippen LogP contribution in [0.1, 0.15) is 31.2 Å². The Labute approximate surface area is 128 Å². The number of carboxylic acids is 1. The van der Waals surface area contributed by atoms with Gasteiger partial charge in [0.25, 0.3) is 0 Å². The lowest BCUT2D eigenvalue weighted by molar-refractivity contribution is -0.140. The van der Waals surface area contributed by atoms with E-state index in [1.165, 1.54) is 0 Å². The third-order valence-corrected chi connectivity index (χ3v) is 4.27. The van der Waals surface area contributed by atoms with Crippen LogP contribution in [0.3, 0.4) is 0 Å². The minimum Gasteiger partial charge on any atom is -0.481 e. The van der Waals surface area contributed by atoms with Gasteiger partial charge in [0, 0.05) is 11.6 Å². The number of carboxylic acid groups (broad SMARTS) is 1. The summed E-state index contributed by atoms with van der Waals surface area (Å²) in [5, 5.41) is 12.9. The molecular formula is C17H18N2O3. The van der Waals surface area contributed by atoms with Crippen molar-refractivity contribution in [2.45, 2.75) is 37.6 Å². The molecular weight excluding hydrogens is 280 g/mol. The van der Waals surface area contributed by atoms with Gasteiger partial charge in [-0.1, -0.05) is 24.3 Å². The largest absolute Gasteiger partial charge is 0.481 e. The van der Waals surface area contributed by atoms with Gasteiger partial charge >= 0.3 is 5.97 Å². The quantitative estimate of drug-likeness (QED) is 0.887. The first-order chi connectivity index (χ1) is 10.6. The minimum atomic E-state index is -0.869. The Hall–Kier alpha value is -2.43. The van der Waals surface area contributed by atoms with E-state index in [-0.39, 0.29) is 18.7 Å². The number of rotatable bonds is 5. The van der Waals surface area contributed by atoms with Crippen LogP contribution >= 0.6 is 0 Å². The zero-order chi connectivity index (χ0) is 15.6. The van der Waals surface area contributed by atoms with Crippen LogP contribution in [0.15, 0.2) is 36.5 Å². The second-order valence-corrected chi connectivity index (χ2v) is 5.92. The van der Waals surface area contributed by atoms with Crippen molar-refractivity contribution < 1.29 is 14.7 Å². The molecule has 1 saturated carbocycles. The van der Waals surface area contributed by atoms with Crippen molar-refractivity contribution in [2.24, 2.45) is 0 Å². The Bertz CT molecular complexity index is 717. The van der Waals surface area contributed by atoms with E-state index in [1.54, 1.807) is 6.20 Å². The zero-order valence-corrected chi connectivity index (χ0v) is 12.2. The van der Waals surface area contributed by atoms with E-state index in [0.29, 0.717) is 0 Å². The maximum atomic E-state index is 12.3. The van der Waals surface area contributed by atoms with Gasteiger partial charge in [-0.15, -0.1) is 0 Å². The molecule has 2 N–H and O–H groups in total. The Balaban J connectivity index is 1.75. The van der Waals surface area contributed by atoms with Crippen LogP contribution in [0.5, 0.6) is 0 Å². The van der Waals surface area contributed by atoms with Gasteiger partial charge in [0.05, 0.1) is 23.9 Å². The summed E-state index contributed by atoms with van der Waals surface area (Å²) in [6, 6.07) is 9.58. The molecule has 5 heteroatoms. The number of benzene rings is 1. The van der Waals surface area contributed by atoms with Crippen LogP contribution in [-0.4, -0.2) is 27.5 Å². The molecule has 1 aromatic heterocycles. The van der Waals surface area contributed by atoms with Gasteiger partial charge in [0.2, 0.25) is 5.91 Å². The van der Waals surface area contributed by atoms with Crippen molar-refractivity contribution in [3.63, 3.8) is 0 Å². The topological polar surface area (TPSA) is 79.3 Å². The summed E-state index contributed by atoms with van der Waals surface area (Å²) in [5.41, 5.74) is 1.13. The first kappa shape index (κ1) is 14.5. The number of para-hydroxylation sites is 1. The number of hydrogen-bond donors (Lipinski definition) is 2. The fraction of sp³-hybridized carbons (Fsp3) is 0.353. The summed E-state index contributed by atoms with van der Waals surface area (Å²) in [7, 11) is 0. The van der Waals surface area contributed by atoms with Gasteiger partial charge in [-0.05, 0) is 30.9 Å². The Kier molecular flexibility index (Phi) is 3.79. The zero-order valence-electron chi connectivity index (χ0n) is 12.2. The fourth-order valence-electron chi connectivity index (χ4n) is 3.06. The summed E-state index contributed by atoms with van der Waals surface area (Å²) in [5.74, 6) is -1.01. The number of carbonyl (C=O) groups is 2. The molecule has 1 fully saturated rings. The van der Waals surface area contributed by atoms with Crippen LogP contribution in [0, 0.1) is 0 Å². The number of nitrogens with zero attached hydrogens (tertiary/aromatic N) is 1. The molecule has 22 heavy (non-hydrogen) atoms. The van der Waals surface area contributed by atoms with Crippen molar-refractivity contribution >= 4 is 22.8 Å². The van der Waals surface area contributed by atoms with Crippen molar-refractivity contribution in [2.75, 3.05) is 0 Å². The third kappa shape index (κ3) is 2.93. The highest BCUT2D eigenvalue weighted by Crippen LogP contribution is 2.35. The van der Waals surface area contributed by atoms with Crippen LogP contribution in [0.2, 0.25) is 0 Å². The summed E-state index contributed by atoms with van der Waals surface area (Å²) < 4.78 is 0. The molecule has 1 amide bonds. The van der Waals surface area contributed by atoms with E-state index in [9.17, 15) is 9.59 Å². The van der Waals surface area contributed by atoms with Crippen LogP contribution in [0.4, 0.5) is 0 Å². The van der Waals surface area contributed by atoms with Crippen molar-refractivity contribution in [1.82, 2.24) is 10.3 Å². The third-order valence-electron chi connectivity index (χ3n) is 4.27. The molecule has 5 nitrogen and oxygen atoms in total. The minimum absolute atomic E-state index is 0.00741. The predicted molar refractivity (Wildman–Crippen MR) is 82.4 cm³/mol. The highest BCUT2D eigenvalue weighted by molar-refractivity contribution is 5.88. The normalized spacial score (nSPS) is 16.0. The highest BCUT2D eigenvalue weighted by atomic mass is 16.4. The number of nitrogens with one attached hydrogen (secondary N) is 1. The summed E-state index contributed by atoms with van der Waals surface area (Å²) in [6.07, 6.45) is 4.35. The van der Waals surface area contributed by atoms with Gasteiger partial charge < -0.3 is 10.4 Å². The van der Waals surface area contributed by atoms with Gasteiger partial charge in [-0.2, -0.15) is 0 Å². The first-order valence-corrected chi connectivity index (χ1v) is 7.43. The second kappa shape index (κ2) is 5.75. The molecule has 1 aliphatic carbocycles. The Morgan fingerprint density at radius 2 is 2.00 bits per heavy atom. The average molecular weight is 298 g/mol. The number of aliphatic carboxylic acids is 1. The number of carbonyl (C=O) groups excluding carboxylic acids is 1. The van der Waals surface area contributed by atoms with Crippen LogP contribution in [0.25, 0.3) is 10.9 Å². The molecule has 0 aliphatic heterocycles. The Morgan fingerprint density at radius 3 is 2.68 bits per heavy atom. The molecule has 114 valence electrons. The molecule has 3 rings (SSSR count). The monoisotopic (exact) mass is 298 g/mol. The van der Waals surface area contributed by atoms with E-state index >= 15 is 0 Å². The van der Waals surface area contributed by atoms with E-state index < -0.39 is 11.5 Å². The first-order valence-electron chi connectivity index (χ1n) is 7.43. The molecule has 2 aromatic rings. The summed E-state index contributed by atoms with van der Waals surface area (Å²) in [6.45, 7) is 0. The molecule has 0 radical (unpaired) electrons. The van der Waals surface area contributed by atoms with Gasteiger partial charge in [0.15, 0.2) is 0 Å². The molecule has 1 aliphatic rings. The lowest BCUT2D eigenvalue weighted by Crippen LogP contribution is -2.55. The lowest BCUT2D eigenvalue weighted by Gasteiger charge is -2.41. The van der Waals surface area contributed by atoms with Crippen LogP contribution in [-0.2, 0) is 16.0 Å². The van der Waals surface area contributed by atoms with E-state index in [4.69, 9.17) is 5.11 Å². The van der Waals surface area contributed by atoms with E-state index in [0.717, 1.165) is 35.7 Å². The smallest absolute Gasteiger partial charge is 0.305 e. The molecule has 0 atom stereocenters. The van der Waals surface area contributed by atoms with Gasteiger partial charge in [-0.25, -0.2) is 0 Å². The van der Waals surface area contributed by atoms with Crippen molar-refractivity contribution in [3.8, 4) is 0 Å².